The van der Waals surface area contributed by atoms with Gasteiger partial charge in [-0.05, 0) is 6.92 Å². The van der Waals surface area contributed by atoms with Gasteiger partial charge < -0.3 is 20.1 Å². The van der Waals surface area contributed by atoms with Crippen molar-refractivity contribution >= 4 is 5.69 Å². The second-order valence-corrected chi connectivity index (χ2v) is 3.65. The van der Waals surface area contributed by atoms with Crippen LogP contribution in [0.3, 0.4) is 0 Å². The summed E-state index contributed by atoms with van der Waals surface area (Å²) in [7, 11) is 1.24. The van der Waals surface area contributed by atoms with Crippen LogP contribution in [0.1, 0.15) is 17.2 Å². The Morgan fingerprint density at radius 2 is 2.17 bits per heavy atom. The van der Waals surface area contributed by atoms with Crippen LogP contribution in [0, 0.1) is 17.0 Å². The normalized spacial score (nSPS) is 14.1. The molecular weight excluding hydrogens is 244 g/mol. The summed E-state index contributed by atoms with van der Waals surface area (Å²) >= 11 is 0. The van der Waals surface area contributed by atoms with E-state index in [2.05, 4.69) is 4.98 Å². The molecule has 0 amide bonds. The minimum atomic E-state index is -1.45. The maximum atomic E-state index is 10.9. The van der Waals surface area contributed by atoms with Crippen molar-refractivity contribution < 1.29 is 25.0 Å². The number of aliphatic hydroxyl groups is 3. The van der Waals surface area contributed by atoms with Gasteiger partial charge in [0.2, 0.25) is 0 Å². The van der Waals surface area contributed by atoms with Crippen molar-refractivity contribution in [3.63, 3.8) is 0 Å². The van der Waals surface area contributed by atoms with E-state index in [0.717, 1.165) is 0 Å². The van der Waals surface area contributed by atoms with Crippen LogP contribution in [0.4, 0.5) is 5.69 Å². The van der Waals surface area contributed by atoms with E-state index in [-0.39, 0.29) is 22.7 Å². The molecule has 8 heteroatoms. The van der Waals surface area contributed by atoms with Crippen molar-refractivity contribution in [3.8, 4) is 5.88 Å². The summed E-state index contributed by atoms with van der Waals surface area (Å²) in [4.78, 5) is 13.9. The lowest BCUT2D eigenvalue weighted by Gasteiger charge is -2.17. The van der Waals surface area contributed by atoms with Crippen LogP contribution < -0.4 is 4.74 Å². The van der Waals surface area contributed by atoms with Gasteiger partial charge >= 0.3 is 5.69 Å². The molecule has 0 fully saturated rings. The molecule has 0 spiro atoms. The van der Waals surface area contributed by atoms with Crippen molar-refractivity contribution in [2.24, 2.45) is 0 Å². The van der Waals surface area contributed by atoms with E-state index in [1.807, 2.05) is 0 Å². The molecular formula is C10H14N2O6. The molecule has 2 atom stereocenters. The number of rotatable bonds is 5. The maximum Gasteiger partial charge on any atom is 0.334 e. The molecule has 0 aliphatic rings. The number of hydrogen-bond acceptors (Lipinski definition) is 7. The summed E-state index contributed by atoms with van der Waals surface area (Å²) in [6, 6.07) is 0. The third-order valence-corrected chi connectivity index (χ3v) is 2.56. The van der Waals surface area contributed by atoms with Crippen LogP contribution in [0.15, 0.2) is 6.20 Å². The van der Waals surface area contributed by atoms with Crippen LogP contribution in [-0.4, -0.2) is 45.0 Å². The summed E-state index contributed by atoms with van der Waals surface area (Å²) in [5, 5.41) is 38.7. The van der Waals surface area contributed by atoms with E-state index in [9.17, 15) is 20.3 Å². The Morgan fingerprint density at radius 1 is 1.56 bits per heavy atom. The van der Waals surface area contributed by atoms with Gasteiger partial charge in [-0.3, -0.25) is 10.1 Å². The van der Waals surface area contributed by atoms with E-state index >= 15 is 0 Å². The molecule has 3 N–H and O–H groups in total. The molecule has 2 unspecified atom stereocenters. The summed E-state index contributed by atoms with van der Waals surface area (Å²) < 4.78 is 4.76. The zero-order valence-electron chi connectivity index (χ0n) is 9.90. The Balaban J connectivity index is 3.32. The molecule has 0 saturated carbocycles. The zero-order chi connectivity index (χ0) is 13.9. The van der Waals surface area contributed by atoms with E-state index < -0.39 is 23.7 Å². The van der Waals surface area contributed by atoms with Crippen molar-refractivity contribution in [1.82, 2.24) is 4.98 Å². The molecule has 18 heavy (non-hydrogen) atoms. The maximum absolute atomic E-state index is 10.9. The molecule has 1 aromatic rings. The first-order chi connectivity index (χ1) is 8.43. The number of aliphatic hydroxyl groups excluding tert-OH is 3. The van der Waals surface area contributed by atoms with Gasteiger partial charge in [-0.1, -0.05) is 0 Å². The number of aromatic nitrogens is 1. The number of methoxy groups -OCH3 is 1. The average Bonchev–Trinajstić information content (AvgIpc) is 2.35. The van der Waals surface area contributed by atoms with E-state index in [4.69, 9.17) is 9.84 Å². The standard InChI is InChI=1S/C10H14N2O6/c1-5-6(9(15)7(14)4-13)3-11-10(18-2)8(5)12(16)17/h3,7,9,13-15H,4H2,1-2H3. The summed E-state index contributed by atoms with van der Waals surface area (Å²) in [5.74, 6) is -0.174. The monoisotopic (exact) mass is 258 g/mol. The van der Waals surface area contributed by atoms with Gasteiger partial charge in [0.15, 0.2) is 0 Å². The Morgan fingerprint density at radius 3 is 2.61 bits per heavy atom. The van der Waals surface area contributed by atoms with Crippen LogP contribution in [-0.2, 0) is 0 Å². The lowest BCUT2D eigenvalue weighted by molar-refractivity contribution is -0.386. The molecule has 100 valence electrons. The van der Waals surface area contributed by atoms with Gasteiger partial charge in [0, 0.05) is 17.3 Å². The zero-order valence-corrected chi connectivity index (χ0v) is 9.90. The highest BCUT2D eigenvalue weighted by Gasteiger charge is 2.28. The Hall–Kier alpha value is -1.77. The fourth-order valence-corrected chi connectivity index (χ4v) is 1.55. The fraction of sp³-hybridized carbons (Fsp3) is 0.500. The molecule has 0 aliphatic carbocycles. The summed E-state index contributed by atoms with van der Waals surface area (Å²) in [6.07, 6.45) is -1.71. The number of hydrogen-bond donors (Lipinski definition) is 3. The van der Waals surface area contributed by atoms with Crippen molar-refractivity contribution in [1.29, 1.82) is 0 Å². The number of nitro groups is 1. The first-order valence-electron chi connectivity index (χ1n) is 5.08. The molecule has 8 nitrogen and oxygen atoms in total. The van der Waals surface area contributed by atoms with Crippen LogP contribution in [0.25, 0.3) is 0 Å². The van der Waals surface area contributed by atoms with E-state index in [1.165, 1.54) is 20.2 Å². The van der Waals surface area contributed by atoms with Gasteiger partial charge in [0.25, 0.3) is 5.88 Å². The fourth-order valence-electron chi connectivity index (χ4n) is 1.55. The Kier molecular flexibility index (Phi) is 4.54. The third kappa shape index (κ3) is 2.55. The molecule has 0 radical (unpaired) electrons. The van der Waals surface area contributed by atoms with Crippen LogP contribution in [0.2, 0.25) is 0 Å². The lowest BCUT2D eigenvalue weighted by Crippen LogP contribution is -2.23. The smallest absolute Gasteiger partial charge is 0.334 e. The second kappa shape index (κ2) is 5.71. The lowest BCUT2D eigenvalue weighted by atomic mass is 10.0. The van der Waals surface area contributed by atoms with Crippen molar-refractivity contribution in [3.05, 3.63) is 27.4 Å². The Bertz CT molecular complexity index is 450. The molecule has 0 aromatic carbocycles. The summed E-state index contributed by atoms with van der Waals surface area (Å²) in [6.45, 7) is 0.741. The summed E-state index contributed by atoms with van der Waals surface area (Å²) in [5.41, 5.74) is -0.171. The first kappa shape index (κ1) is 14.3. The van der Waals surface area contributed by atoms with Gasteiger partial charge in [-0.2, -0.15) is 0 Å². The van der Waals surface area contributed by atoms with Gasteiger partial charge in [0.1, 0.15) is 12.2 Å². The quantitative estimate of drug-likeness (QED) is 0.488. The average molecular weight is 258 g/mol. The predicted molar refractivity (Wildman–Crippen MR) is 60.2 cm³/mol. The second-order valence-electron chi connectivity index (χ2n) is 3.65. The number of ether oxygens (including phenoxy) is 1. The molecule has 1 aromatic heterocycles. The van der Waals surface area contributed by atoms with Gasteiger partial charge in [-0.25, -0.2) is 4.98 Å². The highest BCUT2D eigenvalue weighted by atomic mass is 16.6. The number of pyridine rings is 1. The molecule has 1 heterocycles. The van der Waals surface area contributed by atoms with Crippen LogP contribution in [0.5, 0.6) is 5.88 Å². The van der Waals surface area contributed by atoms with Crippen molar-refractivity contribution in [2.75, 3.05) is 13.7 Å². The highest BCUT2D eigenvalue weighted by molar-refractivity contribution is 5.51. The molecule has 0 bridgehead atoms. The molecule has 0 aliphatic heterocycles. The van der Waals surface area contributed by atoms with Crippen LogP contribution >= 0.6 is 0 Å². The Labute approximate surface area is 103 Å². The topological polar surface area (TPSA) is 126 Å². The van der Waals surface area contributed by atoms with Gasteiger partial charge in [-0.15, -0.1) is 0 Å². The molecule has 0 saturated heterocycles. The third-order valence-electron chi connectivity index (χ3n) is 2.56. The highest BCUT2D eigenvalue weighted by Crippen LogP contribution is 2.33. The van der Waals surface area contributed by atoms with E-state index in [1.54, 1.807) is 0 Å². The number of nitrogens with zero attached hydrogens (tertiary/aromatic N) is 2. The first-order valence-corrected chi connectivity index (χ1v) is 5.08. The van der Waals surface area contributed by atoms with Crippen molar-refractivity contribution in [2.45, 2.75) is 19.1 Å². The largest absolute Gasteiger partial charge is 0.476 e. The SMILES string of the molecule is COc1ncc(C(O)C(O)CO)c(C)c1[N+](=O)[O-]. The van der Waals surface area contributed by atoms with Gasteiger partial charge in [0.05, 0.1) is 18.6 Å². The van der Waals surface area contributed by atoms with E-state index in [0.29, 0.717) is 0 Å². The minimum Gasteiger partial charge on any atom is -0.476 e. The predicted octanol–water partition coefficient (Wildman–Crippen LogP) is -0.307. The minimum absolute atomic E-state index is 0.0732. The molecule has 1 rings (SSSR count).